The first-order valence-corrected chi connectivity index (χ1v) is 16.2. The molecule has 2 bridgehead atoms. The number of thioether (sulfide) groups is 1. The number of hydrogen-bond donors (Lipinski definition) is 1. The summed E-state index contributed by atoms with van der Waals surface area (Å²) in [6.07, 6.45) is 4.15. The highest BCUT2D eigenvalue weighted by Crippen LogP contribution is 2.69. The highest BCUT2D eigenvalue weighted by Gasteiger charge is 2.77. The molecule has 7 atom stereocenters. The first-order chi connectivity index (χ1) is 20.0. The van der Waals surface area contributed by atoms with Crippen molar-refractivity contribution in [2.75, 3.05) is 49.6 Å². The second kappa shape index (κ2) is 12.8. The first-order valence-electron chi connectivity index (χ1n) is 15.3. The number of rotatable bonds is 13. The van der Waals surface area contributed by atoms with Gasteiger partial charge in [-0.25, -0.2) is 0 Å². The molecule has 230 valence electrons. The summed E-state index contributed by atoms with van der Waals surface area (Å²) in [6, 6.07) is 6.60. The molecule has 3 heterocycles. The minimum atomic E-state index is -0.815. The maximum Gasteiger partial charge on any atom is 0.251 e. The van der Waals surface area contributed by atoms with E-state index in [1.54, 1.807) is 45.7 Å². The number of aliphatic hydroxyl groups is 1. The fourth-order valence-corrected chi connectivity index (χ4v) is 9.96. The molecule has 0 aromatic heterocycles. The topological polar surface area (TPSA) is 84.4 Å². The van der Waals surface area contributed by atoms with E-state index in [1.165, 1.54) is 0 Å². The zero-order valence-corrected chi connectivity index (χ0v) is 26.8. The van der Waals surface area contributed by atoms with Gasteiger partial charge in [0.05, 0.1) is 29.2 Å². The maximum atomic E-state index is 14.9. The lowest BCUT2D eigenvalue weighted by molar-refractivity contribution is -0.145. The Bertz CT molecular complexity index is 1180. The second-order valence-electron chi connectivity index (χ2n) is 12.2. The summed E-state index contributed by atoms with van der Waals surface area (Å²) in [6.45, 7) is 20.1. The molecule has 1 spiro atoms. The van der Waals surface area contributed by atoms with E-state index in [0.717, 1.165) is 30.9 Å². The lowest BCUT2D eigenvalue weighted by Gasteiger charge is -2.43. The maximum absolute atomic E-state index is 14.9. The molecule has 1 aromatic carbocycles. The third kappa shape index (κ3) is 5.06. The lowest BCUT2D eigenvalue weighted by atomic mass is 9.65. The van der Waals surface area contributed by atoms with Crippen LogP contribution < -0.4 is 9.80 Å². The molecular weight excluding hydrogens is 548 g/mol. The van der Waals surface area contributed by atoms with Gasteiger partial charge in [-0.15, -0.1) is 24.9 Å². The van der Waals surface area contributed by atoms with Crippen molar-refractivity contribution in [3.8, 4) is 0 Å². The molecule has 3 unspecified atom stereocenters. The number of carbonyl (C=O) groups excluding carboxylic acids is 3. The van der Waals surface area contributed by atoms with E-state index in [-0.39, 0.29) is 48.0 Å². The van der Waals surface area contributed by atoms with Gasteiger partial charge in [-0.2, -0.15) is 0 Å². The predicted molar refractivity (Wildman–Crippen MR) is 172 cm³/mol. The number of benzene rings is 1. The van der Waals surface area contributed by atoms with E-state index in [9.17, 15) is 19.5 Å². The average molecular weight is 597 g/mol. The van der Waals surface area contributed by atoms with Crippen molar-refractivity contribution in [2.24, 2.45) is 23.7 Å². The molecule has 1 aromatic rings. The van der Waals surface area contributed by atoms with Crippen molar-refractivity contribution in [3.63, 3.8) is 0 Å². The van der Waals surface area contributed by atoms with Gasteiger partial charge in [0.1, 0.15) is 6.04 Å². The molecule has 8 nitrogen and oxygen atoms in total. The molecule has 1 N–H and O–H groups in total. The van der Waals surface area contributed by atoms with Crippen LogP contribution >= 0.6 is 11.8 Å². The third-order valence-corrected chi connectivity index (χ3v) is 11.7. The Morgan fingerprint density at radius 1 is 1.10 bits per heavy atom. The van der Waals surface area contributed by atoms with E-state index < -0.39 is 28.7 Å². The number of likely N-dealkylation sites (tertiary alicyclic amines) is 1. The minimum Gasteiger partial charge on any atom is -0.394 e. The van der Waals surface area contributed by atoms with Crippen LogP contribution in [-0.4, -0.2) is 94.5 Å². The van der Waals surface area contributed by atoms with Crippen LogP contribution in [0.4, 0.5) is 11.4 Å². The smallest absolute Gasteiger partial charge is 0.251 e. The minimum absolute atomic E-state index is 0.0382. The highest BCUT2D eigenvalue weighted by molar-refractivity contribution is 8.02. The Morgan fingerprint density at radius 3 is 2.21 bits per heavy atom. The normalized spacial score (nSPS) is 28.5. The zero-order chi connectivity index (χ0) is 30.9. The van der Waals surface area contributed by atoms with Crippen molar-refractivity contribution in [1.82, 2.24) is 9.80 Å². The van der Waals surface area contributed by atoms with Crippen molar-refractivity contribution in [2.45, 2.75) is 63.1 Å². The Balaban J connectivity index is 1.83. The van der Waals surface area contributed by atoms with Crippen molar-refractivity contribution in [3.05, 3.63) is 49.6 Å². The summed E-state index contributed by atoms with van der Waals surface area (Å²) in [5.74, 6) is -1.65. The predicted octanol–water partition coefficient (Wildman–Crippen LogP) is 4.05. The number of nitrogens with zero attached hydrogens (tertiary/aromatic N) is 4. The average Bonchev–Trinajstić information content (AvgIpc) is 3.56. The van der Waals surface area contributed by atoms with Gasteiger partial charge in [0.15, 0.2) is 0 Å². The van der Waals surface area contributed by atoms with Crippen LogP contribution in [0, 0.1) is 23.7 Å². The van der Waals surface area contributed by atoms with E-state index in [4.69, 9.17) is 0 Å². The number of aliphatic hydroxyl groups excluding tert-OH is 1. The molecule has 3 aliphatic heterocycles. The molecule has 0 radical (unpaired) electrons. The van der Waals surface area contributed by atoms with Crippen LogP contribution in [0.1, 0.15) is 41.0 Å². The van der Waals surface area contributed by atoms with Gasteiger partial charge in [0, 0.05) is 49.9 Å². The van der Waals surface area contributed by atoms with Gasteiger partial charge >= 0.3 is 0 Å². The largest absolute Gasteiger partial charge is 0.394 e. The second-order valence-corrected chi connectivity index (χ2v) is 13.8. The summed E-state index contributed by atoms with van der Waals surface area (Å²) < 4.78 is -0.767. The van der Waals surface area contributed by atoms with Crippen LogP contribution in [0.2, 0.25) is 0 Å². The highest BCUT2D eigenvalue weighted by atomic mass is 32.2. The Kier molecular flexibility index (Phi) is 9.82. The fraction of sp³-hybridized carbons (Fsp3) is 0.606. The summed E-state index contributed by atoms with van der Waals surface area (Å²) >= 11 is 1.66. The Labute approximate surface area is 255 Å². The number of carbonyl (C=O) groups is 3. The van der Waals surface area contributed by atoms with Crippen molar-refractivity contribution >= 4 is 40.9 Å². The number of anilines is 2. The van der Waals surface area contributed by atoms with Gasteiger partial charge in [0.25, 0.3) is 5.91 Å². The molecule has 0 aliphatic carbocycles. The molecular formula is C33H48N4O4S. The van der Waals surface area contributed by atoms with E-state index >= 15 is 0 Å². The molecule has 3 fully saturated rings. The van der Waals surface area contributed by atoms with Crippen LogP contribution in [-0.2, 0) is 14.4 Å². The number of likely N-dealkylation sites (N-methyl/N-ethyl adjacent to an activating group) is 1. The van der Waals surface area contributed by atoms with Gasteiger partial charge in [0.2, 0.25) is 11.8 Å². The van der Waals surface area contributed by atoms with Gasteiger partial charge in [-0.1, -0.05) is 32.9 Å². The summed E-state index contributed by atoms with van der Waals surface area (Å²) in [5, 5.41) is 10.5. The summed E-state index contributed by atoms with van der Waals surface area (Å²) in [4.78, 5) is 50.5. The SMILES string of the molecule is C=CCN(C)C(=O)[C@@H]1[C@@H]2CC(C)C3(S2)C(C(=O)N(CC=C)c2ccc(N(CC)CC)cc2)N([C@@H](CO)C(C)C)C(=O)[C@H]13. The molecule has 3 saturated heterocycles. The zero-order valence-electron chi connectivity index (χ0n) is 26.0. The monoisotopic (exact) mass is 596 g/mol. The Hall–Kier alpha value is -2.78. The lowest BCUT2D eigenvalue weighted by Crippen LogP contribution is -2.60. The fourth-order valence-electron chi connectivity index (χ4n) is 7.57. The quantitative estimate of drug-likeness (QED) is 0.346. The van der Waals surface area contributed by atoms with Crippen molar-refractivity contribution < 1.29 is 19.5 Å². The Morgan fingerprint density at radius 2 is 1.69 bits per heavy atom. The van der Waals surface area contributed by atoms with E-state index in [0.29, 0.717) is 6.54 Å². The van der Waals surface area contributed by atoms with Gasteiger partial charge in [-0.05, 0) is 56.4 Å². The van der Waals surface area contributed by atoms with E-state index in [1.807, 2.05) is 38.1 Å². The van der Waals surface area contributed by atoms with E-state index in [2.05, 4.69) is 38.8 Å². The molecule has 9 heteroatoms. The molecule has 3 amide bonds. The summed E-state index contributed by atoms with van der Waals surface area (Å²) in [7, 11) is 1.74. The van der Waals surface area contributed by atoms with Crippen LogP contribution in [0.5, 0.6) is 0 Å². The van der Waals surface area contributed by atoms with Gasteiger partial charge in [-0.3, -0.25) is 14.4 Å². The number of hydrogen-bond acceptors (Lipinski definition) is 6. The molecule has 0 saturated carbocycles. The third-order valence-electron chi connectivity index (χ3n) is 9.66. The first kappa shape index (κ1) is 32.1. The summed E-state index contributed by atoms with van der Waals surface area (Å²) in [5.41, 5.74) is 1.81. The number of fused-ring (bicyclic) bond motifs is 1. The van der Waals surface area contributed by atoms with Crippen LogP contribution in [0.25, 0.3) is 0 Å². The van der Waals surface area contributed by atoms with Crippen LogP contribution in [0.15, 0.2) is 49.6 Å². The molecule has 4 rings (SSSR count). The molecule has 3 aliphatic rings. The standard InChI is InChI=1S/C33H48N4O4S/c1-9-17-34(8)30(39)27-26-19-22(7)33(42-26)28(27)31(40)37(25(20-38)21(5)6)29(33)32(41)36(18-10-2)24-15-13-23(14-16-24)35(11-3)12-4/h9-10,13-16,21-22,25-29,38H,1-2,11-12,17-20H2,3-8H3/t22?,25-,26-,27+,28-,29?,33?/m0/s1. The van der Waals surface area contributed by atoms with Gasteiger partial charge < -0.3 is 24.7 Å². The van der Waals surface area contributed by atoms with Crippen molar-refractivity contribution in [1.29, 1.82) is 0 Å². The van der Waals surface area contributed by atoms with Crippen LogP contribution in [0.3, 0.4) is 0 Å². The molecule has 42 heavy (non-hydrogen) atoms. The number of amides is 3.